The summed E-state index contributed by atoms with van der Waals surface area (Å²) in [6, 6.07) is 11.8. The highest BCUT2D eigenvalue weighted by molar-refractivity contribution is 6.30. The Labute approximate surface area is 324 Å². The molecular weight excluding hydrogens is 714 g/mol. The Kier molecular flexibility index (Phi) is 17.8. The molecule has 4 N–H and O–H groups in total. The van der Waals surface area contributed by atoms with Crippen LogP contribution < -0.4 is 16.0 Å². The summed E-state index contributed by atoms with van der Waals surface area (Å²) in [4.78, 5) is 78.9. The van der Waals surface area contributed by atoms with Crippen LogP contribution in [0.4, 0.5) is 4.79 Å². The van der Waals surface area contributed by atoms with Gasteiger partial charge in [-0.25, -0.2) is 9.59 Å². The Morgan fingerprint density at radius 2 is 1.35 bits per heavy atom. The Bertz CT molecular complexity index is 1580. The van der Waals surface area contributed by atoms with Crippen LogP contribution in [0.2, 0.25) is 5.02 Å². The number of carbonyl (C=O) groups excluding carboxylic acids is 5. The van der Waals surface area contributed by atoms with E-state index >= 15 is 0 Å². The number of nitrogens with one attached hydrogen (secondary N) is 3. The number of benzene rings is 2. The van der Waals surface area contributed by atoms with Crippen molar-refractivity contribution in [2.75, 3.05) is 6.54 Å². The maximum absolute atomic E-state index is 14.0. The maximum atomic E-state index is 14.0. The average Bonchev–Trinajstić information content (AvgIpc) is 3.07. The van der Waals surface area contributed by atoms with Gasteiger partial charge in [0.15, 0.2) is 11.6 Å². The van der Waals surface area contributed by atoms with Gasteiger partial charge in [0.2, 0.25) is 11.8 Å². The fourth-order valence-corrected chi connectivity index (χ4v) is 5.78. The molecule has 0 aliphatic rings. The standard InChI is InChI=1S/C41H58ClN3O9/c1-10-11-12-13-32(38(50)51)44-36(48)25(2)22-34(47)35(26(3)53-40(4,5)6)45-37(49)30(24-43-39(52)54-41(7,8)9)23-33(46)29-16-14-27(15-17-29)28-18-20-31(42)21-19-28/h14-21,25-26,30,32,35H,10-13,22-24H2,1-9H3,(H,43,52)(H,44,48)(H,45,49)(H,50,51)/t25-,26-,30+,32+,35+/m1/s1. The summed E-state index contributed by atoms with van der Waals surface area (Å²) >= 11 is 6.02. The zero-order valence-electron chi connectivity index (χ0n) is 33.0. The molecule has 0 bridgehead atoms. The van der Waals surface area contributed by atoms with Crippen LogP contribution in [0.5, 0.6) is 0 Å². The molecule has 0 heterocycles. The Morgan fingerprint density at radius 1 is 0.778 bits per heavy atom. The number of rotatable bonds is 20. The van der Waals surface area contributed by atoms with Crippen LogP contribution >= 0.6 is 11.6 Å². The molecule has 0 aliphatic carbocycles. The number of amides is 3. The molecule has 12 nitrogen and oxygen atoms in total. The van der Waals surface area contributed by atoms with Crippen LogP contribution in [0, 0.1) is 11.8 Å². The number of unbranched alkanes of at least 4 members (excludes halogenated alkanes) is 2. The molecule has 0 aliphatic heterocycles. The van der Waals surface area contributed by atoms with Crippen LogP contribution in [0.1, 0.15) is 111 Å². The van der Waals surface area contributed by atoms with Gasteiger partial charge in [0, 0.05) is 35.9 Å². The third-order valence-corrected chi connectivity index (χ3v) is 8.65. The molecule has 0 unspecified atom stereocenters. The second-order valence-corrected chi connectivity index (χ2v) is 16.1. The minimum Gasteiger partial charge on any atom is -0.480 e. The summed E-state index contributed by atoms with van der Waals surface area (Å²) in [5.41, 5.74) is 0.569. The second-order valence-electron chi connectivity index (χ2n) is 15.7. The van der Waals surface area contributed by atoms with Crippen molar-refractivity contribution in [2.24, 2.45) is 11.8 Å². The number of carboxylic acids is 1. The highest BCUT2D eigenvalue weighted by Gasteiger charge is 2.35. The third-order valence-electron chi connectivity index (χ3n) is 8.40. The summed E-state index contributed by atoms with van der Waals surface area (Å²) in [6.45, 7) is 15.3. The number of ether oxygens (including phenoxy) is 2. The number of ketones is 2. The van der Waals surface area contributed by atoms with Gasteiger partial charge in [-0.15, -0.1) is 0 Å². The number of carboxylic acid groups (broad SMARTS) is 1. The normalized spacial score (nSPS) is 14.5. The molecule has 5 atom stereocenters. The first-order valence-electron chi connectivity index (χ1n) is 18.5. The molecule has 298 valence electrons. The third kappa shape index (κ3) is 16.4. The van der Waals surface area contributed by atoms with Gasteiger partial charge in [0.1, 0.15) is 17.7 Å². The van der Waals surface area contributed by atoms with E-state index in [-0.39, 0.29) is 31.6 Å². The maximum Gasteiger partial charge on any atom is 0.407 e. The van der Waals surface area contributed by atoms with Crippen molar-refractivity contribution in [2.45, 2.75) is 130 Å². The first-order valence-corrected chi connectivity index (χ1v) is 18.9. The van der Waals surface area contributed by atoms with Crippen molar-refractivity contribution < 1.29 is 43.3 Å². The van der Waals surface area contributed by atoms with Crippen LogP contribution in [0.25, 0.3) is 11.1 Å². The van der Waals surface area contributed by atoms with Gasteiger partial charge in [-0.1, -0.05) is 81.1 Å². The molecule has 0 radical (unpaired) electrons. The molecule has 54 heavy (non-hydrogen) atoms. The van der Waals surface area contributed by atoms with Crippen LogP contribution in [0.15, 0.2) is 48.5 Å². The SMILES string of the molecule is CCCCC[C@H](NC(=O)[C@H](C)CC(=O)[C@@H](NC(=O)[C@H](CNC(=O)OC(C)(C)C)CC(=O)c1ccc(-c2ccc(Cl)cc2)cc1)[C@@H](C)OC(C)(C)C)C(=O)O. The fourth-order valence-electron chi connectivity index (χ4n) is 5.66. The number of aliphatic carboxylic acids is 1. The van der Waals surface area contributed by atoms with E-state index in [1.807, 2.05) is 19.1 Å². The zero-order chi connectivity index (χ0) is 40.8. The summed E-state index contributed by atoms with van der Waals surface area (Å²) in [7, 11) is 0. The number of hydrogen-bond donors (Lipinski definition) is 4. The number of Topliss-reactive ketones (excluding diaryl/α,β-unsaturated/α-hetero) is 2. The molecule has 0 saturated heterocycles. The average molecular weight is 772 g/mol. The van der Waals surface area contributed by atoms with Gasteiger partial charge in [-0.2, -0.15) is 0 Å². The van der Waals surface area contributed by atoms with Gasteiger partial charge in [-0.3, -0.25) is 19.2 Å². The Morgan fingerprint density at radius 3 is 1.87 bits per heavy atom. The quantitative estimate of drug-likeness (QED) is 0.0804. The van der Waals surface area contributed by atoms with Crippen molar-refractivity contribution in [3.63, 3.8) is 0 Å². The van der Waals surface area contributed by atoms with Gasteiger partial charge < -0.3 is 30.5 Å². The van der Waals surface area contributed by atoms with E-state index in [9.17, 15) is 33.9 Å². The van der Waals surface area contributed by atoms with E-state index in [0.29, 0.717) is 17.0 Å². The number of halogens is 1. The predicted octanol–water partition coefficient (Wildman–Crippen LogP) is 7.15. The molecule has 2 aromatic carbocycles. The topological polar surface area (TPSA) is 177 Å². The molecule has 0 saturated carbocycles. The Hall–Kier alpha value is -4.29. The van der Waals surface area contributed by atoms with E-state index < -0.39 is 70.9 Å². The highest BCUT2D eigenvalue weighted by atomic mass is 35.5. The zero-order valence-corrected chi connectivity index (χ0v) is 33.8. The molecule has 0 aromatic heterocycles. The van der Waals surface area contributed by atoms with Crippen LogP contribution in [0.3, 0.4) is 0 Å². The molecule has 13 heteroatoms. The van der Waals surface area contributed by atoms with Gasteiger partial charge in [-0.05, 0) is 78.1 Å². The first kappa shape index (κ1) is 45.9. The summed E-state index contributed by atoms with van der Waals surface area (Å²) < 4.78 is 11.4. The molecule has 0 fully saturated rings. The molecular formula is C41H58ClN3O9. The number of hydrogen-bond acceptors (Lipinski definition) is 8. The van der Waals surface area contributed by atoms with Crippen molar-refractivity contribution in [3.8, 4) is 11.1 Å². The molecule has 3 amide bonds. The summed E-state index contributed by atoms with van der Waals surface area (Å²) in [5.74, 6) is -5.40. The van der Waals surface area contributed by atoms with E-state index in [0.717, 1.165) is 24.0 Å². The number of carbonyl (C=O) groups is 6. The minimum absolute atomic E-state index is 0.259. The first-order chi connectivity index (χ1) is 25.1. The highest BCUT2D eigenvalue weighted by Crippen LogP contribution is 2.23. The molecule has 0 spiro atoms. The van der Waals surface area contributed by atoms with Crippen LogP contribution in [-0.2, 0) is 28.7 Å². The van der Waals surface area contributed by atoms with E-state index in [2.05, 4.69) is 16.0 Å². The smallest absolute Gasteiger partial charge is 0.407 e. The predicted molar refractivity (Wildman–Crippen MR) is 208 cm³/mol. The molecule has 2 rings (SSSR count). The largest absolute Gasteiger partial charge is 0.480 e. The van der Waals surface area contributed by atoms with Crippen molar-refractivity contribution in [3.05, 3.63) is 59.1 Å². The van der Waals surface area contributed by atoms with Gasteiger partial charge in [0.05, 0.1) is 17.6 Å². The van der Waals surface area contributed by atoms with E-state index in [1.54, 1.807) is 84.9 Å². The summed E-state index contributed by atoms with van der Waals surface area (Å²) in [6.07, 6.45) is 0.293. The summed E-state index contributed by atoms with van der Waals surface area (Å²) in [5, 5.41) is 18.1. The molecule has 2 aromatic rings. The monoisotopic (exact) mass is 771 g/mol. The van der Waals surface area contributed by atoms with Crippen molar-refractivity contribution in [1.82, 2.24) is 16.0 Å². The Balaban J connectivity index is 2.33. The number of alkyl carbamates (subject to hydrolysis) is 1. The lowest BCUT2D eigenvalue weighted by molar-refractivity contribution is -0.143. The van der Waals surface area contributed by atoms with Crippen LogP contribution in [-0.4, -0.2) is 76.5 Å². The lowest BCUT2D eigenvalue weighted by Crippen LogP contribution is -2.54. The second kappa shape index (κ2) is 21.0. The fraction of sp³-hybridized carbons (Fsp3) is 0.561. The van der Waals surface area contributed by atoms with Gasteiger partial charge >= 0.3 is 12.1 Å². The lowest BCUT2D eigenvalue weighted by atomic mass is 9.93. The van der Waals surface area contributed by atoms with Crippen molar-refractivity contribution in [1.29, 1.82) is 0 Å². The van der Waals surface area contributed by atoms with E-state index in [1.165, 1.54) is 6.92 Å². The lowest BCUT2D eigenvalue weighted by Gasteiger charge is -2.32. The van der Waals surface area contributed by atoms with Gasteiger partial charge in [0.25, 0.3) is 0 Å². The minimum atomic E-state index is -1.25. The van der Waals surface area contributed by atoms with Crippen molar-refractivity contribution >= 4 is 47.0 Å². The van der Waals surface area contributed by atoms with E-state index in [4.69, 9.17) is 21.1 Å².